The van der Waals surface area contributed by atoms with Gasteiger partial charge in [0, 0.05) is 6.42 Å². The lowest BCUT2D eigenvalue weighted by Gasteiger charge is -2.18. The molecule has 0 aromatic carbocycles. The Kier molecular flexibility index (Phi) is 12.8. The van der Waals surface area contributed by atoms with Crippen LogP contribution in [0, 0.1) is 11.8 Å². The highest BCUT2D eigenvalue weighted by Crippen LogP contribution is 2.38. The summed E-state index contributed by atoms with van der Waals surface area (Å²) in [5, 5.41) is 18.9. The Morgan fingerprint density at radius 1 is 1.18 bits per heavy atom. The molecule has 0 aromatic rings. The number of aliphatic carboxylic acids is 1. The van der Waals surface area contributed by atoms with E-state index in [0.717, 1.165) is 63.4 Å². The monoisotopic (exact) mass is 394 g/mol. The summed E-state index contributed by atoms with van der Waals surface area (Å²) in [6.45, 7) is 5.95. The molecule has 0 radical (unpaired) electrons. The quantitative estimate of drug-likeness (QED) is 0.250. The Balaban J connectivity index is 2.46. The molecule has 0 aliphatic heterocycles. The highest BCUT2D eigenvalue weighted by Gasteiger charge is 2.33. The summed E-state index contributed by atoms with van der Waals surface area (Å²) in [6, 6.07) is 0. The molecule has 4 atom stereocenters. The van der Waals surface area contributed by atoms with Crippen LogP contribution in [0.4, 0.5) is 4.39 Å². The van der Waals surface area contributed by atoms with E-state index in [2.05, 4.69) is 19.6 Å². The minimum absolute atomic E-state index is 0.0609. The van der Waals surface area contributed by atoms with Gasteiger partial charge in [0.2, 0.25) is 0 Å². The summed E-state index contributed by atoms with van der Waals surface area (Å²) < 4.78 is 14.3. The molecule has 1 fully saturated rings. The number of hydrogen-bond donors (Lipinski definition) is 2. The fourth-order valence-electron chi connectivity index (χ4n) is 4.07. The van der Waals surface area contributed by atoms with Crippen molar-refractivity contribution in [3.63, 3.8) is 0 Å². The zero-order valence-electron chi connectivity index (χ0n) is 17.5. The lowest BCUT2D eigenvalue weighted by molar-refractivity contribution is -0.137. The molecule has 1 saturated carbocycles. The molecule has 1 rings (SSSR count). The predicted octanol–water partition coefficient (Wildman–Crippen LogP) is 6.39. The third kappa shape index (κ3) is 9.68. The smallest absolute Gasteiger partial charge is 0.303 e. The molecule has 0 heterocycles. The first-order valence-electron chi connectivity index (χ1n) is 11.0. The van der Waals surface area contributed by atoms with E-state index < -0.39 is 18.2 Å². The fourth-order valence-corrected chi connectivity index (χ4v) is 4.07. The second-order valence-corrected chi connectivity index (χ2v) is 8.03. The summed E-state index contributed by atoms with van der Waals surface area (Å²) in [4.78, 5) is 10.5. The van der Waals surface area contributed by atoms with Gasteiger partial charge in [-0.15, -0.1) is 0 Å². The van der Waals surface area contributed by atoms with Gasteiger partial charge >= 0.3 is 5.97 Å². The van der Waals surface area contributed by atoms with Crippen molar-refractivity contribution in [1.82, 2.24) is 0 Å². The number of carbonyl (C=O) groups is 1. The van der Waals surface area contributed by atoms with Crippen molar-refractivity contribution >= 4 is 5.97 Å². The standard InChI is InChI=1S/C24H39FO3/c1-3-5-8-15-23(26)19(4-2)12-11-13-20-17-18-22(25)21(20)14-9-6-7-10-16-24(27)28/h4,11-13,20-23,26H,2-3,5-10,14-18H2,1H3,(H,27,28)/b13-11+,19-12+/t20-,21+,22+,23?/m0/s1. The highest BCUT2D eigenvalue weighted by molar-refractivity contribution is 5.66. The van der Waals surface area contributed by atoms with Gasteiger partial charge in [0.15, 0.2) is 0 Å². The van der Waals surface area contributed by atoms with Crippen molar-refractivity contribution in [3.05, 3.63) is 36.5 Å². The van der Waals surface area contributed by atoms with Gasteiger partial charge < -0.3 is 10.2 Å². The van der Waals surface area contributed by atoms with Gasteiger partial charge in [0.05, 0.1) is 6.10 Å². The molecule has 0 aromatic heterocycles. The van der Waals surface area contributed by atoms with Crippen LogP contribution in [0.15, 0.2) is 36.5 Å². The maximum Gasteiger partial charge on any atom is 0.303 e. The Morgan fingerprint density at radius 2 is 1.93 bits per heavy atom. The average Bonchev–Trinajstić information content (AvgIpc) is 3.01. The molecule has 1 aliphatic rings. The van der Waals surface area contributed by atoms with Crippen LogP contribution >= 0.6 is 0 Å². The third-order valence-corrected chi connectivity index (χ3v) is 5.82. The summed E-state index contributed by atoms with van der Waals surface area (Å²) in [5.41, 5.74) is 0.831. The summed E-state index contributed by atoms with van der Waals surface area (Å²) in [7, 11) is 0. The van der Waals surface area contributed by atoms with Crippen LogP contribution in [-0.4, -0.2) is 28.5 Å². The van der Waals surface area contributed by atoms with Crippen molar-refractivity contribution in [1.29, 1.82) is 0 Å². The number of hydrogen-bond acceptors (Lipinski definition) is 2. The van der Waals surface area contributed by atoms with E-state index in [9.17, 15) is 14.3 Å². The van der Waals surface area contributed by atoms with Crippen molar-refractivity contribution < 1.29 is 19.4 Å². The molecule has 0 saturated heterocycles. The molecule has 0 bridgehead atoms. The number of carboxylic acid groups (broad SMARTS) is 1. The van der Waals surface area contributed by atoms with Crippen LogP contribution < -0.4 is 0 Å². The normalized spacial score (nSPS) is 24.0. The van der Waals surface area contributed by atoms with Gasteiger partial charge in [0.1, 0.15) is 6.17 Å². The lowest BCUT2D eigenvalue weighted by Crippen LogP contribution is -2.14. The van der Waals surface area contributed by atoms with E-state index in [1.165, 1.54) is 0 Å². The van der Waals surface area contributed by atoms with Crippen LogP contribution in [0.3, 0.4) is 0 Å². The summed E-state index contributed by atoms with van der Waals surface area (Å²) in [6.07, 6.45) is 16.6. The molecule has 160 valence electrons. The van der Waals surface area contributed by atoms with Crippen molar-refractivity contribution in [2.24, 2.45) is 11.8 Å². The first kappa shape index (κ1) is 24.6. The maximum absolute atomic E-state index is 14.3. The fraction of sp³-hybridized carbons (Fsp3) is 0.708. The molecule has 4 heteroatoms. The Labute approximate surface area is 170 Å². The number of carboxylic acids is 1. The van der Waals surface area contributed by atoms with E-state index >= 15 is 0 Å². The number of rotatable bonds is 15. The zero-order valence-corrected chi connectivity index (χ0v) is 17.5. The molecule has 0 spiro atoms. The van der Waals surface area contributed by atoms with Gasteiger partial charge in [-0.1, -0.05) is 76.3 Å². The molecule has 3 nitrogen and oxygen atoms in total. The second-order valence-electron chi connectivity index (χ2n) is 8.03. The second kappa shape index (κ2) is 14.6. The molecule has 0 amide bonds. The number of alkyl halides is 1. The molecular weight excluding hydrogens is 355 g/mol. The third-order valence-electron chi connectivity index (χ3n) is 5.82. The molecular formula is C24H39FO3. The van der Waals surface area contributed by atoms with Gasteiger partial charge in [-0.25, -0.2) is 4.39 Å². The van der Waals surface area contributed by atoms with E-state index in [0.29, 0.717) is 12.8 Å². The summed E-state index contributed by atoms with van der Waals surface area (Å²) >= 11 is 0. The van der Waals surface area contributed by atoms with Crippen molar-refractivity contribution in [2.75, 3.05) is 0 Å². The number of halogens is 1. The SMILES string of the molecule is C=C/C(=C\C=C\[C@H]1CC[C@@H](F)[C@@H]1CCCCCCC(=O)O)C(O)CCCCC. The Bertz CT molecular complexity index is 512. The van der Waals surface area contributed by atoms with E-state index in [1.54, 1.807) is 6.08 Å². The lowest BCUT2D eigenvalue weighted by atomic mass is 9.89. The van der Waals surface area contributed by atoms with Gasteiger partial charge in [-0.2, -0.15) is 0 Å². The van der Waals surface area contributed by atoms with Crippen LogP contribution in [0.1, 0.15) is 84.0 Å². The summed E-state index contributed by atoms with van der Waals surface area (Å²) in [5.74, 6) is -0.438. The molecule has 2 N–H and O–H groups in total. The van der Waals surface area contributed by atoms with Crippen LogP contribution in [0.2, 0.25) is 0 Å². The van der Waals surface area contributed by atoms with E-state index in [-0.39, 0.29) is 18.3 Å². The number of aliphatic hydroxyl groups excluding tert-OH is 1. The molecule has 28 heavy (non-hydrogen) atoms. The zero-order chi connectivity index (χ0) is 20.8. The van der Waals surface area contributed by atoms with Crippen molar-refractivity contribution in [3.8, 4) is 0 Å². The topological polar surface area (TPSA) is 57.5 Å². The molecule has 1 unspecified atom stereocenters. The Hall–Kier alpha value is -1.42. The minimum Gasteiger partial charge on any atom is -0.481 e. The first-order chi connectivity index (χ1) is 13.5. The van der Waals surface area contributed by atoms with Crippen LogP contribution in [0.25, 0.3) is 0 Å². The first-order valence-corrected chi connectivity index (χ1v) is 11.0. The highest BCUT2D eigenvalue weighted by atomic mass is 19.1. The number of allylic oxidation sites excluding steroid dienone is 3. The van der Waals surface area contributed by atoms with Crippen LogP contribution in [-0.2, 0) is 4.79 Å². The maximum atomic E-state index is 14.3. The average molecular weight is 395 g/mol. The van der Waals surface area contributed by atoms with E-state index in [1.807, 2.05) is 12.2 Å². The minimum atomic E-state index is -0.743. The van der Waals surface area contributed by atoms with Crippen molar-refractivity contribution in [2.45, 2.75) is 96.2 Å². The molecule has 1 aliphatic carbocycles. The Morgan fingerprint density at radius 3 is 2.61 bits per heavy atom. The van der Waals surface area contributed by atoms with Gasteiger partial charge in [-0.3, -0.25) is 4.79 Å². The largest absolute Gasteiger partial charge is 0.481 e. The van der Waals surface area contributed by atoms with Gasteiger partial charge in [-0.05, 0) is 49.5 Å². The number of aliphatic hydroxyl groups is 1. The van der Waals surface area contributed by atoms with E-state index in [4.69, 9.17) is 5.11 Å². The van der Waals surface area contributed by atoms with Crippen LogP contribution in [0.5, 0.6) is 0 Å². The predicted molar refractivity (Wildman–Crippen MR) is 114 cm³/mol. The van der Waals surface area contributed by atoms with Gasteiger partial charge in [0.25, 0.3) is 0 Å². The number of unbranched alkanes of at least 4 members (excludes halogenated alkanes) is 5.